The number of nitrogens with zero attached hydrogens (tertiary/aromatic N) is 3. The van der Waals surface area contributed by atoms with Gasteiger partial charge >= 0.3 is 0 Å². The Bertz CT molecular complexity index is 445. The highest BCUT2D eigenvalue weighted by Crippen LogP contribution is 2.26. The lowest BCUT2D eigenvalue weighted by molar-refractivity contribution is 0.588. The first-order valence-electron chi connectivity index (χ1n) is 5.27. The molecule has 0 amide bonds. The Kier molecular flexibility index (Phi) is 2.86. The Morgan fingerprint density at radius 3 is 2.94 bits per heavy atom. The standard InChI is InChI=1S/C10H12N4S2/c1-2-8(15-7-1)9-12-10(16-13-9)14-5-3-11-4-6-14/h1-2,7,11H,3-6H2. The zero-order chi connectivity index (χ0) is 10.8. The lowest BCUT2D eigenvalue weighted by atomic mass is 10.4. The molecule has 0 aliphatic carbocycles. The van der Waals surface area contributed by atoms with Crippen LogP contribution >= 0.6 is 22.9 Å². The summed E-state index contributed by atoms with van der Waals surface area (Å²) in [6.45, 7) is 4.12. The van der Waals surface area contributed by atoms with E-state index >= 15 is 0 Å². The van der Waals surface area contributed by atoms with E-state index in [4.69, 9.17) is 0 Å². The summed E-state index contributed by atoms with van der Waals surface area (Å²) in [6, 6.07) is 4.10. The van der Waals surface area contributed by atoms with Crippen molar-refractivity contribution in [2.24, 2.45) is 0 Å². The van der Waals surface area contributed by atoms with Crippen molar-refractivity contribution in [1.82, 2.24) is 14.7 Å². The second-order valence-corrected chi connectivity index (χ2v) is 5.29. The number of rotatable bonds is 2. The van der Waals surface area contributed by atoms with Crippen LogP contribution in [0.1, 0.15) is 0 Å². The summed E-state index contributed by atoms with van der Waals surface area (Å²) < 4.78 is 4.41. The summed E-state index contributed by atoms with van der Waals surface area (Å²) in [5.74, 6) is 0.869. The van der Waals surface area contributed by atoms with Crippen molar-refractivity contribution in [3.8, 4) is 10.7 Å². The van der Waals surface area contributed by atoms with E-state index in [2.05, 4.69) is 31.0 Å². The molecule has 0 aromatic carbocycles. The van der Waals surface area contributed by atoms with E-state index in [1.54, 1.807) is 11.3 Å². The van der Waals surface area contributed by atoms with Gasteiger partial charge in [0.05, 0.1) is 4.88 Å². The van der Waals surface area contributed by atoms with Crippen LogP contribution in [-0.4, -0.2) is 35.5 Å². The van der Waals surface area contributed by atoms with E-state index in [9.17, 15) is 0 Å². The predicted molar refractivity (Wildman–Crippen MR) is 68.3 cm³/mol. The first kappa shape index (κ1) is 10.2. The fraction of sp³-hybridized carbons (Fsp3) is 0.400. The number of thiophene rings is 1. The molecule has 1 N–H and O–H groups in total. The molecule has 0 atom stereocenters. The van der Waals surface area contributed by atoms with Gasteiger partial charge in [0, 0.05) is 37.7 Å². The molecule has 84 valence electrons. The number of anilines is 1. The van der Waals surface area contributed by atoms with Gasteiger partial charge in [0.1, 0.15) is 0 Å². The molecule has 16 heavy (non-hydrogen) atoms. The smallest absolute Gasteiger partial charge is 0.205 e. The first-order chi connectivity index (χ1) is 7.93. The summed E-state index contributed by atoms with van der Waals surface area (Å²) in [4.78, 5) is 8.04. The molecule has 1 aliphatic heterocycles. The monoisotopic (exact) mass is 252 g/mol. The van der Waals surface area contributed by atoms with Crippen LogP contribution in [0, 0.1) is 0 Å². The fourth-order valence-electron chi connectivity index (χ4n) is 1.71. The van der Waals surface area contributed by atoms with Gasteiger partial charge in [-0.1, -0.05) is 6.07 Å². The van der Waals surface area contributed by atoms with Gasteiger partial charge in [-0.15, -0.1) is 11.3 Å². The summed E-state index contributed by atoms with van der Waals surface area (Å²) in [7, 11) is 0. The highest BCUT2D eigenvalue weighted by atomic mass is 32.1. The van der Waals surface area contributed by atoms with Crippen LogP contribution in [0.5, 0.6) is 0 Å². The van der Waals surface area contributed by atoms with Gasteiger partial charge in [0.2, 0.25) is 5.13 Å². The second kappa shape index (κ2) is 4.48. The molecule has 1 fully saturated rings. The van der Waals surface area contributed by atoms with E-state index in [-0.39, 0.29) is 0 Å². The van der Waals surface area contributed by atoms with Crippen molar-refractivity contribution >= 4 is 28.0 Å². The summed E-state index contributed by atoms with van der Waals surface area (Å²) in [5, 5.41) is 6.44. The molecule has 0 radical (unpaired) electrons. The molecular weight excluding hydrogens is 240 g/mol. The molecule has 1 aliphatic rings. The molecule has 0 saturated carbocycles. The first-order valence-corrected chi connectivity index (χ1v) is 6.92. The van der Waals surface area contributed by atoms with Gasteiger partial charge in [0.15, 0.2) is 5.82 Å². The maximum Gasteiger partial charge on any atom is 0.205 e. The van der Waals surface area contributed by atoms with E-state index < -0.39 is 0 Å². The van der Waals surface area contributed by atoms with Crippen LogP contribution in [0.4, 0.5) is 5.13 Å². The molecular formula is C10H12N4S2. The van der Waals surface area contributed by atoms with Gasteiger partial charge in [-0.2, -0.15) is 9.36 Å². The molecule has 4 nitrogen and oxygen atoms in total. The third-order valence-corrected chi connectivity index (χ3v) is 4.19. The molecule has 3 heterocycles. The average molecular weight is 252 g/mol. The van der Waals surface area contributed by atoms with Gasteiger partial charge < -0.3 is 10.2 Å². The topological polar surface area (TPSA) is 41.1 Å². The number of nitrogens with one attached hydrogen (secondary N) is 1. The van der Waals surface area contributed by atoms with Crippen LogP contribution in [0.2, 0.25) is 0 Å². The molecule has 6 heteroatoms. The minimum atomic E-state index is 0.869. The van der Waals surface area contributed by atoms with E-state index in [1.165, 1.54) is 11.5 Å². The number of aromatic nitrogens is 2. The Labute approximate surface area is 102 Å². The van der Waals surface area contributed by atoms with Gasteiger partial charge in [0.25, 0.3) is 0 Å². The van der Waals surface area contributed by atoms with Crippen molar-refractivity contribution in [2.45, 2.75) is 0 Å². The van der Waals surface area contributed by atoms with Gasteiger partial charge in [-0.25, -0.2) is 0 Å². The number of hydrogen-bond acceptors (Lipinski definition) is 6. The van der Waals surface area contributed by atoms with E-state index in [0.717, 1.165) is 42.0 Å². The highest BCUT2D eigenvalue weighted by molar-refractivity contribution is 7.14. The Morgan fingerprint density at radius 2 is 2.19 bits per heavy atom. The van der Waals surface area contributed by atoms with Crippen molar-refractivity contribution in [3.05, 3.63) is 17.5 Å². The van der Waals surface area contributed by atoms with Crippen molar-refractivity contribution in [2.75, 3.05) is 31.1 Å². The molecule has 1 saturated heterocycles. The molecule has 2 aromatic rings. The summed E-state index contributed by atoms with van der Waals surface area (Å²) >= 11 is 3.18. The SMILES string of the molecule is c1csc(-c2nsc(N3CCNCC3)n2)c1. The molecule has 2 aromatic heterocycles. The molecule has 0 unspecified atom stereocenters. The third kappa shape index (κ3) is 1.95. The fourth-order valence-corrected chi connectivity index (χ4v) is 3.15. The maximum absolute atomic E-state index is 4.59. The third-order valence-electron chi connectivity index (χ3n) is 2.54. The van der Waals surface area contributed by atoms with E-state index in [0.29, 0.717) is 0 Å². The minimum absolute atomic E-state index is 0.869. The molecule has 0 spiro atoms. The Balaban J connectivity index is 1.82. The molecule has 0 bridgehead atoms. The van der Waals surface area contributed by atoms with Crippen LogP contribution in [0.15, 0.2) is 17.5 Å². The van der Waals surface area contributed by atoms with Crippen LogP contribution in [0.3, 0.4) is 0 Å². The minimum Gasteiger partial charge on any atom is -0.344 e. The van der Waals surface area contributed by atoms with Crippen LogP contribution in [-0.2, 0) is 0 Å². The Morgan fingerprint density at radius 1 is 1.31 bits per heavy atom. The molecule has 3 rings (SSSR count). The van der Waals surface area contributed by atoms with Crippen LogP contribution < -0.4 is 10.2 Å². The van der Waals surface area contributed by atoms with Crippen molar-refractivity contribution < 1.29 is 0 Å². The average Bonchev–Trinajstić information content (AvgIpc) is 3.01. The quantitative estimate of drug-likeness (QED) is 0.883. The lowest BCUT2D eigenvalue weighted by Crippen LogP contribution is -2.43. The Hall–Kier alpha value is -0.980. The summed E-state index contributed by atoms with van der Waals surface area (Å²) in [5.41, 5.74) is 0. The normalized spacial score (nSPS) is 16.6. The maximum atomic E-state index is 4.59. The summed E-state index contributed by atoms with van der Waals surface area (Å²) in [6.07, 6.45) is 0. The van der Waals surface area contributed by atoms with E-state index in [1.807, 2.05) is 6.07 Å². The van der Waals surface area contributed by atoms with Gasteiger partial charge in [-0.3, -0.25) is 0 Å². The highest BCUT2D eigenvalue weighted by Gasteiger charge is 2.15. The largest absolute Gasteiger partial charge is 0.344 e. The van der Waals surface area contributed by atoms with Crippen molar-refractivity contribution in [1.29, 1.82) is 0 Å². The number of piperazine rings is 1. The van der Waals surface area contributed by atoms with Crippen LogP contribution in [0.25, 0.3) is 10.7 Å². The van der Waals surface area contributed by atoms with Crippen molar-refractivity contribution in [3.63, 3.8) is 0 Å². The zero-order valence-corrected chi connectivity index (χ0v) is 10.4. The number of hydrogen-bond donors (Lipinski definition) is 1. The predicted octanol–water partition coefficient (Wildman–Crippen LogP) is 1.68. The zero-order valence-electron chi connectivity index (χ0n) is 8.72. The lowest BCUT2D eigenvalue weighted by Gasteiger charge is -2.26. The second-order valence-electron chi connectivity index (χ2n) is 3.61. The van der Waals surface area contributed by atoms with Gasteiger partial charge in [-0.05, 0) is 11.4 Å².